The van der Waals surface area contributed by atoms with Gasteiger partial charge in [-0.15, -0.1) is 0 Å². The van der Waals surface area contributed by atoms with Gasteiger partial charge < -0.3 is 15.4 Å². The van der Waals surface area contributed by atoms with Crippen LogP contribution < -0.4 is 15.4 Å². The summed E-state index contributed by atoms with van der Waals surface area (Å²) in [5.74, 6) is 1.63. The van der Waals surface area contributed by atoms with Crippen molar-refractivity contribution in [3.8, 4) is 5.75 Å². The Labute approximate surface area is 110 Å². The molecule has 1 fully saturated rings. The second kappa shape index (κ2) is 5.19. The quantitative estimate of drug-likeness (QED) is 0.890. The van der Waals surface area contributed by atoms with E-state index in [1.807, 2.05) is 12.1 Å². The predicted octanol–water partition coefficient (Wildman–Crippen LogP) is 2.65. The third-order valence-corrected chi connectivity index (χ3v) is 3.92. The third kappa shape index (κ3) is 2.61. The maximum Gasteiger partial charge on any atom is 0.119 e. The van der Waals surface area contributed by atoms with Crippen LogP contribution in [0.1, 0.15) is 26.7 Å². The molecule has 0 amide bonds. The fourth-order valence-corrected chi connectivity index (χ4v) is 3.03. The molecule has 1 unspecified atom stereocenters. The summed E-state index contributed by atoms with van der Waals surface area (Å²) in [6, 6.07) is 8.35. The Morgan fingerprint density at radius 1 is 1.33 bits per heavy atom. The molecule has 2 rings (SSSR count). The zero-order chi connectivity index (χ0) is 13.2. The van der Waals surface area contributed by atoms with E-state index in [9.17, 15) is 0 Å². The fourth-order valence-electron chi connectivity index (χ4n) is 3.03. The van der Waals surface area contributed by atoms with Gasteiger partial charge in [0.05, 0.1) is 7.11 Å². The number of nitrogens with two attached hydrogens (primary N) is 1. The van der Waals surface area contributed by atoms with Gasteiger partial charge >= 0.3 is 0 Å². The number of methoxy groups -OCH3 is 1. The van der Waals surface area contributed by atoms with Crippen molar-refractivity contribution in [2.45, 2.75) is 32.2 Å². The van der Waals surface area contributed by atoms with Gasteiger partial charge in [0.15, 0.2) is 0 Å². The molecule has 0 saturated carbocycles. The predicted molar refractivity (Wildman–Crippen MR) is 76.2 cm³/mol. The molecule has 1 aromatic rings. The highest BCUT2D eigenvalue weighted by Gasteiger charge is 2.37. The van der Waals surface area contributed by atoms with Crippen LogP contribution in [-0.4, -0.2) is 25.7 Å². The van der Waals surface area contributed by atoms with Gasteiger partial charge in [0.25, 0.3) is 0 Å². The second-order valence-electron chi connectivity index (χ2n) is 5.77. The molecule has 1 aliphatic heterocycles. The minimum Gasteiger partial charge on any atom is -0.497 e. The van der Waals surface area contributed by atoms with Crippen LogP contribution in [0.15, 0.2) is 24.3 Å². The first-order valence-corrected chi connectivity index (χ1v) is 6.68. The second-order valence-corrected chi connectivity index (χ2v) is 5.77. The van der Waals surface area contributed by atoms with Crippen molar-refractivity contribution >= 4 is 5.69 Å². The lowest BCUT2D eigenvalue weighted by atomic mass is 9.94. The molecular formula is C15H24N2O. The van der Waals surface area contributed by atoms with Crippen molar-refractivity contribution in [1.82, 2.24) is 0 Å². The summed E-state index contributed by atoms with van der Waals surface area (Å²) in [6.07, 6.45) is 2.34. The van der Waals surface area contributed by atoms with E-state index in [-0.39, 0.29) is 5.54 Å². The zero-order valence-corrected chi connectivity index (χ0v) is 11.6. The molecule has 0 aliphatic carbocycles. The highest BCUT2D eigenvalue weighted by Crippen LogP contribution is 2.38. The number of benzene rings is 1. The van der Waals surface area contributed by atoms with E-state index < -0.39 is 0 Å². The first kappa shape index (κ1) is 13.2. The number of hydrogen-bond donors (Lipinski definition) is 1. The standard InChI is InChI=1S/C15H24N2O/c1-15(2)10-12(8-9-16)11-17(15)13-4-6-14(18-3)7-5-13/h4-7,12H,8-11,16H2,1-3H3. The van der Waals surface area contributed by atoms with E-state index >= 15 is 0 Å². The average molecular weight is 248 g/mol. The van der Waals surface area contributed by atoms with Gasteiger partial charge in [0.1, 0.15) is 5.75 Å². The Bertz CT molecular complexity index is 386. The molecule has 0 aromatic heterocycles. The smallest absolute Gasteiger partial charge is 0.119 e. The van der Waals surface area contributed by atoms with E-state index in [4.69, 9.17) is 10.5 Å². The third-order valence-electron chi connectivity index (χ3n) is 3.92. The number of hydrogen-bond acceptors (Lipinski definition) is 3. The van der Waals surface area contributed by atoms with Crippen LogP contribution in [-0.2, 0) is 0 Å². The van der Waals surface area contributed by atoms with Crippen LogP contribution in [0.3, 0.4) is 0 Å². The molecule has 18 heavy (non-hydrogen) atoms. The van der Waals surface area contributed by atoms with Gasteiger partial charge in [-0.25, -0.2) is 0 Å². The maximum atomic E-state index is 5.68. The van der Waals surface area contributed by atoms with Gasteiger partial charge in [0, 0.05) is 17.8 Å². The first-order chi connectivity index (χ1) is 8.56. The Morgan fingerprint density at radius 3 is 2.56 bits per heavy atom. The van der Waals surface area contributed by atoms with Crippen molar-refractivity contribution in [3.63, 3.8) is 0 Å². The number of nitrogens with zero attached hydrogens (tertiary/aromatic N) is 1. The molecule has 1 aromatic carbocycles. The highest BCUT2D eigenvalue weighted by molar-refractivity contribution is 5.52. The van der Waals surface area contributed by atoms with Crippen molar-refractivity contribution in [2.75, 3.05) is 25.1 Å². The number of ether oxygens (including phenoxy) is 1. The van der Waals surface area contributed by atoms with Crippen molar-refractivity contribution in [3.05, 3.63) is 24.3 Å². The molecule has 1 aliphatic rings. The minimum atomic E-state index is 0.217. The van der Waals surface area contributed by atoms with E-state index in [0.29, 0.717) is 5.92 Å². The Kier molecular flexibility index (Phi) is 3.81. The topological polar surface area (TPSA) is 38.5 Å². The van der Waals surface area contributed by atoms with E-state index in [1.54, 1.807) is 7.11 Å². The lowest BCUT2D eigenvalue weighted by Gasteiger charge is -2.33. The number of rotatable bonds is 4. The van der Waals surface area contributed by atoms with Crippen molar-refractivity contribution in [1.29, 1.82) is 0 Å². The zero-order valence-electron chi connectivity index (χ0n) is 11.6. The van der Waals surface area contributed by atoms with Crippen LogP contribution in [0, 0.1) is 5.92 Å². The maximum absolute atomic E-state index is 5.68. The van der Waals surface area contributed by atoms with Gasteiger partial charge in [-0.05, 0) is 63.4 Å². The summed E-state index contributed by atoms with van der Waals surface area (Å²) < 4.78 is 5.21. The minimum absolute atomic E-state index is 0.217. The summed E-state index contributed by atoms with van der Waals surface area (Å²) in [5.41, 5.74) is 7.18. The average Bonchev–Trinajstić information content (AvgIpc) is 2.65. The summed E-state index contributed by atoms with van der Waals surface area (Å²) in [4.78, 5) is 2.49. The molecular weight excluding hydrogens is 224 g/mol. The molecule has 3 heteroatoms. The largest absolute Gasteiger partial charge is 0.497 e. The Morgan fingerprint density at radius 2 is 2.00 bits per heavy atom. The monoisotopic (exact) mass is 248 g/mol. The first-order valence-electron chi connectivity index (χ1n) is 6.68. The molecule has 100 valence electrons. The summed E-state index contributed by atoms with van der Waals surface area (Å²) in [6.45, 7) is 6.52. The molecule has 1 heterocycles. The van der Waals surface area contributed by atoms with Gasteiger partial charge in [-0.1, -0.05) is 0 Å². The van der Waals surface area contributed by atoms with Gasteiger partial charge in [-0.3, -0.25) is 0 Å². The Balaban J connectivity index is 2.15. The van der Waals surface area contributed by atoms with Crippen LogP contribution >= 0.6 is 0 Å². The lowest BCUT2D eigenvalue weighted by molar-refractivity contribution is 0.414. The van der Waals surface area contributed by atoms with Gasteiger partial charge in [-0.2, -0.15) is 0 Å². The van der Waals surface area contributed by atoms with Crippen LogP contribution in [0.4, 0.5) is 5.69 Å². The summed E-state index contributed by atoms with van der Waals surface area (Å²) in [5, 5.41) is 0. The molecule has 2 N–H and O–H groups in total. The van der Waals surface area contributed by atoms with E-state index in [1.165, 1.54) is 12.1 Å². The summed E-state index contributed by atoms with van der Waals surface area (Å²) >= 11 is 0. The molecule has 1 saturated heterocycles. The van der Waals surface area contributed by atoms with Crippen molar-refractivity contribution in [2.24, 2.45) is 11.7 Å². The number of anilines is 1. The molecule has 1 atom stereocenters. The lowest BCUT2D eigenvalue weighted by Crippen LogP contribution is -2.38. The van der Waals surface area contributed by atoms with Gasteiger partial charge in [0.2, 0.25) is 0 Å². The molecule has 0 spiro atoms. The van der Waals surface area contributed by atoms with Crippen LogP contribution in [0.2, 0.25) is 0 Å². The Hall–Kier alpha value is -1.22. The molecule has 3 nitrogen and oxygen atoms in total. The SMILES string of the molecule is COc1ccc(N2CC(CCN)CC2(C)C)cc1. The van der Waals surface area contributed by atoms with E-state index in [0.717, 1.165) is 25.3 Å². The molecule has 0 bridgehead atoms. The highest BCUT2D eigenvalue weighted by atomic mass is 16.5. The van der Waals surface area contributed by atoms with E-state index in [2.05, 4.69) is 30.9 Å². The fraction of sp³-hybridized carbons (Fsp3) is 0.600. The van der Waals surface area contributed by atoms with Crippen molar-refractivity contribution < 1.29 is 4.74 Å². The normalized spacial score (nSPS) is 22.2. The molecule has 0 radical (unpaired) electrons. The van der Waals surface area contributed by atoms with Crippen LogP contribution in [0.5, 0.6) is 5.75 Å². The van der Waals surface area contributed by atoms with Crippen LogP contribution in [0.25, 0.3) is 0 Å². The summed E-state index contributed by atoms with van der Waals surface area (Å²) in [7, 11) is 1.70.